The van der Waals surface area contributed by atoms with Gasteiger partial charge in [-0.3, -0.25) is 4.98 Å². The molecule has 1 aliphatic rings. The molecule has 0 saturated carbocycles. The molecule has 9 nitrogen and oxygen atoms in total. The highest BCUT2D eigenvalue weighted by atomic mass is 16.5. The summed E-state index contributed by atoms with van der Waals surface area (Å²) >= 11 is 0. The highest BCUT2D eigenvalue weighted by molar-refractivity contribution is 5.93. The van der Waals surface area contributed by atoms with Crippen molar-refractivity contribution in [2.45, 2.75) is 26.2 Å². The zero-order chi connectivity index (χ0) is 24.2. The van der Waals surface area contributed by atoms with E-state index in [9.17, 15) is 9.90 Å². The van der Waals surface area contributed by atoms with E-state index in [0.717, 1.165) is 22.3 Å². The number of esters is 1. The third-order valence-corrected chi connectivity index (χ3v) is 5.82. The van der Waals surface area contributed by atoms with Gasteiger partial charge < -0.3 is 24.6 Å². The number of carbonyl (C=O) groups is 1. The van der Waals surface area contributed by atoms with Gasteiger partial charge in [0.2, 0.25) is 5.88 Å². The van der Waals surface area contributed by atoms with E-state index in [4.69, 9.17) is 19.5 Å². The number of nitrogens with one attached hydrogen (secondary N) is 1. The summed E-state index contributed by atoms with van der Waals surface area (Å²) < 4.78 is 15.8. The molecule has 1 aromatic carbocycles. The smallest absolute Gasteiger partial charge is 0.338 e. The lowest BCUT2D eigenvalue weighted by atomic mass is 9.95. The number of fused-ring (bicyclic) bond motifs is 1. The van der Waals surface area contributed by atoms with Crippen molar-refractivity contribution in [3.63, 3.8) is 0 Å². The molecule has 1 atom stereocenters. The zero-order valence-electron chi connectivity index (χ0n) is 19.1. The third-order valence-electron chi connectivity index (χ3n) is 5.82. The van der Waals surface area contributed by atoms with Gasteiger partial charge in [0.15, 0.2) is 0 Å². The Morgan fingerprint density at radius 2 is 2.06 bits per heavy atom. The number of aliphatic hydroxyl groups is 1. The fourth-order valence-electron chi connectivity index (χ4n) is 3.94. The standard InChI is InChI=1S/C25H24N4O5/c1-14-17(5-6-18-19(14)13-34-25(18)31)22(30)12-27-10-15-4-7-20(29-24(15)33-3)21-8-23(32-2)16(9-26)11-28-21/h4-8,11,22,27,30H,10,12-13H2,1-3H3. The molecule has 0 bridgehead atoms. The van der Waals surface area contributed by atoms with Crippen LogP contribution in [0.15, 0.2) is 36.5 Å². The summed E-state index contributed by atoms with van der Waals surface area (Å²) in [6.07, 6.45) is 0.692. The SMILES string of the molecule is COc1cc(-c2ccc(CNCC(O)c3ccc4c(c3C)COC4=O)c(OC)n2)ncc1C#N. The second-order valence-corrected chi connectivity index (χ2v) is 7.78. The molecule has 0 aliphatic carbocycles. The number of hydrogen-bond acceptors (Lipinski definition) is 9. The van der Waals surface area contributed by atoms with Gasteiger partial charge in [0.25, 0.3) is 0 Å². The van der Waals surface area contributed by atoms with Gasteiger partial charge in [-0.1, -0.05) is 12.1 Å². The quantitative estimate of drug-likeness (QED) is 0.488. The molecule has 0 radical (unpaired) electrons. The minimum Gasteiger partial charge on any atom is -0.495 e. The van der Waals surface area contributed by atoms with Gasteiger partial charge in [0.05, 0.1) is 37.3 Å². The number of nitrogens with zero attached hydrogens (tertiary/aromatic N) is 3. The van der Waals surface area contributed by atoms with E-state index in [1.165, 1.54) is 20.4 Å². The van der Waals surface area contributed by atoms with Crippen molar-refractivity contribution < 1.29 is 24.1 Å². The number of benzene rings is 1. The minimum atomic E-state index is -0.755. The predicted molar refractivity (Wildman–Crippen MR) is 122 cm³/mol. The molecule has 2 aromatic heterocycles. The van der Waals surface area contributed by atoms with Gasteiger partial charge in [0.1, 0.15) is 24.0 Å². The van der Waals surface area contributed by atoms with Crippen molar-refractivity contribution in [2.75, 3.05) is 20.8 Å². The van der Waals surface area contributed by atoms with Gasteiger partial charge in [0, 0.05) is 36.5 Å². The van der Waals surface area contributed by atoms with Crippen LogP contribution in [0.5, 0.6) is 11.6 Å². The summed E-state index contributed by atoms with van der Waals surface area (Å²) in [5.41, 5.74) is 5.30. The van der Waals surface area contributed by atoms with Crippen LogP contribution in [0.4, 0.5) is 0 Å². The minimum absolute atomic E-state index is 0.239. The summed E-state index contributed by atoms with van der Waals surface area (Å²) in [4.78, 5) is 20.6. The number of aliphatic hydroxyl groups excluding tert-OH is 1. The Bertz CT molecular complexity index is 1290. The number of pyridine rings is 2. The van der Waals surface area contributed by atoms with Gasteiger partial charge in [-0.05, 0) is 30.2 Å². The Kier molecular flexibility index (Phi) is 6.72. The molecule has 34 heavy (non-hydrogen) atoms. The topological polar surface area (TPSA) is 127 Å². The zero-order valence-corrected chi connectivity index (χ0v) is 19.1. The molecule has 0 spiro atoms. The number of ether oxygens (including phenoxy) is 3. The summed E-state index contributed by atoms with van der Waals surface area (Å²) in [6.45, 7) is 2.84. The molecule has 1 unspecified atom stereocenters. The van der Waals surface area contributed by atoms with E-state index in [0.29, 0.717) is 47.2 Å². The second-order valence-electron chi connectivity index (χ2n) is 7.78. The normalized spacial score (nSPS) is 13.1. The fourth-order valence-corrected chi connectivity index (χ4v) is 3.94. The lowest BCUT2D eigenvalue weighted by molar-refractivity contribution is 0.0535. The molecule has 1 aliphatic heterocycles. The van der Waals surface area contributed by atoms with Crippen molar-refractivity contribution in [1.82, 2.24) is 15.3 Å². The maximum Gasteiger partial charge on any atom is 0.338 e. The molecule has 0 fully saturated rings. The lowest BCUT2D eigenvalue weighted by Gasteiger charge is -2.17. The van der Waals surface area contributed by atoms with E-state index >= 15 is 0 Å². The Morgan fingerprint density at radius 1 is 1.24 bits per heavy atom. The molecule has 3 heterocycles. The monoisotopic (exact) mass is 460 g/mol. The number of aromatic nitrogens is 2. The molecule has 9 heteroatoms. The number of rotatable bonds is 8. The van der Waals surface area contributed by atoms with Crippen LogP contribution in [-0.4, -0.2) is 41.8 Å². The Morgan fingerprint density at radius 3 is 2.79 bits per heavy atom. The molecule has 174 valence electrons. The first-order valence-electron chi connectivity index (χ1n) is 10.6. The van der Waals surface area contributed by atoms with Gasteiger partial charge in [-0.25, -0.2) is 9.78 Å². The van der Waals surface area contributed by atoms with E-state index in [1.807, 2.05) is 25.1 Å². The summed E-state index contributed by atoms with van der Waals surface area (Å²) in [5.74, 6) is 0.523. The van der Waals surface area contributed by atoms with Gasteiger partial charge in [-0.2, -0.15) is 5.26 Å². The second kappa shape index (κ2) is 9.87. The van der Waals surface area contributed by atoms with Crippen LogP contribution in [-0.2, 0) is 17.9 Å². The van der Waals surface area contributed by atoms with Crippen molar-refractivity contribution in [2.24, 2.45) is 0 Å². The van der Waals surface area contributed by atoms with E-state index in [1.54, 1.807) is 18.2 Å². The van der Waals surface area contributed by atoms with E-state index in [-0.39, 0.29) is 12.6 Å². The van der Waals surface area contributed by atoms with Crippen LogP contribution in [0.2, 0.25) is 0 Å². The van der Waals surface area contributed by atoms with E-state index < -0.39 is 6.10 Å². The lowest BCUT2D eigenvalue weighted by Crippen LogP contribution is -2.22. The number of hydrogen-bond donors (Lipinski definition) is 2. The van der Waals surface area contributed by atoms with Crippen LogP contribution in [0.1, 0.15) is 44.3 Å². The van der Waals surface area contributed by atoms with Crippen LogP contribution in [0, 0.1) is 18.3 Å². The molecule has 0 amide bonds. The number of carbonyl (C=O) groups excluding carboxylic acids is 1. The van der Waals surface area contributed by atoms with Crippen molar-refractivity contribution in [3.8, 4) is 29.1 Å². The molecule has 2 N–H and O–H groups in total. The molecule has 3 aromatic rings. The summed E-state index contributed by atoms with van der Waals surface area (Å²) in [6, 6.07) is 10.8. The van der Waals surface area contributed by atoms with Crippen LogP contribution < -0.4 is 14.8 Å². The van der Waals surface area contributed by atoms with Crippen LogP contribution >= 0.6 is 0 Å². The van der Waals surface area contributed by atoms with Gasteiger partial charge in [-0.15, -0.1) is 0 Å². The maximum absolute atomic E-state index is 11.7. The first-order valence-corrected chi connectivity index (χ1v) is 10.6. The molecule has 0 saturated heterocycles. The van der Waals surface area contributed by atoms with Gasteiger partial charge >= 0.3 is 5.97 Å². The molecule has 4 rings (SSSR count). The summed E-state index contributed by atoms with van der Waals surface area (Å²) in [5, 5.41) is 23.1. The average Bonchev–Trinajstić information content (AvgIpc) is 3.25. The molecular formula is C25H24N4O5. The molecular weight excluding hydrogens is 436 g/mol. The first-order chi connectivity index (χ1) is 16.5. The highest BCUT2D eigenvalue weighted by Crippen LogP contribution is 2.29. The fraction of sp³-hybridized carbons (Fsp3) is 0.280. The Hall–Kier alpha value is -4.00. The first kappa shape index (κ1) is 23.2. The van der Waals surface area contributed by atoms with Crippen molar-refractivity contribution in [1.29, 1.82) is 5.26 Å². The number of nitriles is 1. The van der Waals surface area contributed by atoms with Crippen molar-refractivity contribution >= 4 is 5.97 Å². The van der Waals surface area contributed by atoms with Crippen LogP contribution in [0.3, 0.4) is 0 Å². The summed E-state index contributed by atoms with van der Waals surface area (Å²) in [7, 11) is 3.03. The Balaban J connectivity index is 1.45. The van der Waals surface area contributed by atoms with E-state index in [2.05, 4.69) is 15.3 Å². The number of cyclic esters (lactones) is 1. The Labute approximate surface area is 197 Å². The number of methoxy groups -OCH3 is 2. The third kappa shape index (κ3) is 4.41. The van der Waals surface area contributed by atoms with Crippen molar-refractivity contribution in [3.05, 3.63) is 69.9 Å². The average molecular weight is 460 g/mol. The maximum atomic E-state index is 11.7. The predicted octanol–water partition coefficient (Wildman–Crippen LogP) is 2.83. The largest absolute Gasteiger partial charge is 0.495 e. The van der Waals surface area contributed by atoms with Crippen LogP contribution in [0.25, 0.3) is 11.4 Å². The highest BCUT2D eigenvalue weighted by Gasteiger charge is 2.25.